The van der Waals surface area contributed by atoms with Gasteiger partial charge in [-0.15, -0.1) is 0 Å². The summed E-state index contributed by atoms with van der Waals surface area (Å²) in [5.41, 5.74) is 8.52. The summed E-state index contributed by atoms with van der Waals surface area (Å²) in [5.74, 6) is 0.547. The molecule has 2 rings (SSSR count). The van der Waals surface area contributed by atoms with Crippen molar-refractivity contribution in [2.24, 2.45) is 10.7 Å². The standard InChI is InChI=1S/C18H31N5/c1-4-23-10-6-9-17(23)13-21-18(19)20-12-15-7-5-8-16(11-15)14-22(2)3/h5,7-8,11,17H,4,6,9-10,12-14H2,1-3H3,(H3,19,20,21). The number of hydrogen-bond donors (Lipinski definition) is 2. The Kier molecular flexibility index (Phi) is 6.86. The van der Waals surface area contributed by atoms with Gasteiger partial charge in [0.1, 0.15) is 0 Å². The molecule has 0 aromatic heterocycles. The minimum absolute atomic E-state index is 0.547. The van der Waals surface area contributed by atoms with Crippen molar-refractivity contribution in [1.29, 1.82) is 0 Å². The van der Waals surface area contributed by atoms with Crippen molar-refractivity contribution in [3.05, 3.63) is 35.4 Å². The highest BCUT2D eigenvalue weighted by molar-refractivity contribution is 5.77. The fraction of sp³-hybridized carbons (Fsp3) is 0.611. The first-order valence-electron chi connectivity index (χ1n) is 8.59. The maximum atomic E-state index is 6.02. The Balaban J connectivity index is 1.82. The van der Waals surface area contributed by atoms with Crippen molar-refractivity contribution in [1.82, 2.24) is 15.1 Å². The first-order valence-corrected chi connectivity index (χ1v) is 8.59. The van der Waals surface area contributed by atoms with Crippen LogP contribution in [0.25, 0.3) is 0 Å². The molecule has 1 heterocycles. The molecule has 1 aliphatic heterocycles. The summed E-state index contributed by atoms with van der Waals surface area (Å²) in [6.07, 6.45) is 2.54. The van der Waals surface area contributed by atoms with E-state index in [-0.39, 0.29) is 0 Å². The number of guanidine groups is 1. The minimum Gasteiger partial charge on any atom is -0.370 e. The Morgan fingerprint density at radius 2 is 2.17 bits per heavy atom. The summed E-state index contributed by atoms with van der Waals surface area (Å²) in [5, 5.41) is 3.28. The van der Waals surface area contributed by atoms with E-state index in [1.165, 1.54) is 30.5 Å². The molecule has 1 aromatic rings. The zero-order valence-corrected chi connectivity index (χ0v) is 14.8. The number of benzene rings is 1. The highest BCUT2D eigenvalue weighted by Gasteiger charge is 2.22. The third-order valence-corrected chi connectivity index (χ3v) is 4.35. The largest absolute Gasteiger partial charge is 0.370 e. The number of likely N-dealkylation sites (N-methyl/N-ethyl adjacent to an activating group) is 1. The summed E-state index contributed by atoms with van der Waals surface area (Å²) in [6.45, 7) is 7.00. The van der Waals surface area contributed by atoms with Crippen LogP contribution < -0.4 is 11.1 Å². The van der Waals surface area contributed by atoms with Crippen molar-refractivity contribution < 1.29 is 0 Å². The number of hydrogen-bond acceptors (Lipinski definition) is 3. The van der Waals surface area contributed by atoms with Gasteiger partial charge in [0, 0.05) is 19.1 Å². The Morgan fingerprint density at radius 3 is 2.91 bits per heavy atom. The maximum absolute atomic E-state index is 6.02. The van der Waals surface area contributed by atoms with Gasteiger partial charge in [-0.1, -0.05) is 31.2 Å². The number of nitrogens with two attached hydrogens (primary N) is 1. The Labute approximate surface area is 140 Å². The quantitative estimate of drug-likeness (QED) is 0.593. The van der Waals surface area contributed by atoms with Crippen LogP contribution in [0.5, 0.6) is 0 Å². The Morgan fingerprint density at radius 1 is 1.39 bits per heavy atom. The molecule has 1 saturated heterocycles. The molecule has 0 radical (unpaired) electrons. The molecule has 1 atom stereocenters. The van der Waals surface area contributed by atoms with Crippen molar-refractivity contribution in [3.8, 4) is 0 Å². The van der Waals surface area contributed by atoms with Crippen molar-refractivity contribution in [2.75, 3.05) is 33.7 Å². The zero-order valence-electron chi connectivity index (χ0n) is 14.8. The molecule has 1 aromatic carbocycles. The van der Waals surface area contributed by atoms with Gasteiger partial charge >= 0.3 is 0 Å². The van der Waals surface area contributed by atoms with E-state index in [4.69, 9.17) is 5.73 Å². The van der Waals surface area contributed by atoms with Crippen molar-refractivity contribution >= 4 is 5.96 Å². The molecule has 128 valence electrons. The highest BCUT2D eigenvalue weighted by atomic mass is 15.2. The second-order valence-electron chi connectivity index (χ2n) is 6.56. The van der Waals surface area contributed by atoms with Crippen molar-refractivity contribution in [2.45, 2.75) is 38.9 Å². The highest BCUT2D eigenvalue weighted by Crippen LogP contribution is 2.15. The minimum atomic E-state index is 0.547. The second-order valence-corrected chi connectivity index (χ2v) is 6.56. The SMILES string of the molecule is CCN1CCCC1CNC(N)=NCc1cccc(CN(C)C)c1. The summed E-state index contributed by atoms with van der Waals surface area (Å²) in [6, 6.07) is 9.13. The van der Waals surface area contributed by atoms with E-state index < -0.39 is 0 Å². The molecule has 0 bridgehead atoms. The van der Waals surface area contributed by atoms with Gasteiger partial charge in [0.2, 0.25) is 0 Å². The maximum Gasteiger partial charge on any atom is 0.188 e. The van der Waals surface area contributed by atoms with Gasteiger partial charge in [0.05, 0.1) is 6.54 Å². The lowest BCUT2D eigenvalue weighted by Gasteiger charge is -2.23. The van der Waals surface area contributed by atoms with Crippen LogP contribution in [0, 0.1) is 0 Å². The van der Waals surface area contributed by atoms with E-state index in [9.17, 15) is 0 Å². The average Bonchev–Trinajstić information content (AvgIpc) is 2.98. The van der Waals surface area contributed by atoms with Crippen LogP contribution in [-0.2, 0) is 13.1 Å². The Hall–Kier alpha value is -1.59. The molecule has 1 aliphatic rings. The van der Waals surface area contributed by atoms with Gasteiger partial charge in [0.15, 0.2) is 5.96 Å². The molecule has 1 fully saturated rings. The number of nitrogens with one attached hydrogen (secondary N) is 1. The van der Waals surface area contributed by atoms with E-state index >= 15 is 0 Å². The van der Waals surface area contributed by atoms with Crippen LogP contribution in [0.15, 0.2) is 29.3 Å². The number of nitrogens with zero attached hydrogens (tertiary/aromatic N) is 3. The number of likely N-dealkylation sites (tertiary alicyclic amines) is 1. The summed E-state index contributed by atoms with van der Waals surface area (Å²) in [7, 11) is 4.16. The molecule has 23 heavy (non-hydrogen) atoms. The van der Waals surface area contributed by atoms with Gasteiger partial charge in [-0.05, 0) is 51.2 Å². The number of aliphatic imine (C=N–C) groups is 1. The van der Waals surface area contributed by atoms with Gasteiger partial charge < -0.3 is 16.0 Å². The van der Waals surface area contributed by atoms with Crippen LogP contribution >= 0.6 is 0 Å². The summed E-state index contributed by atoms with van der Waals surface area (Å²) in [4.78, 5) is 9.15. The third-order valence-electron chi connectivity index (χ3n) is 4.35. The molecule has 1 unspecified atom stereocenters. The normalized spacial score (nSPS) is 19.5. The van der Waals surface area contributed by atoms with E-state index in [0.29, 0.717) is 18.5 Å². The fourth-order valence-electron chi connectivity index (χ4n) is 3.19. The topological polar surface area (TPSA) is 56.9 Å². The van der Waals surface area contributed by atoms with Gasteiger partial charge in [-0.3, -0.25) is 4.90 Å². The van der Waals surface area contributed by atoms with Crippen molar-refractivity contribution in [3.63, 3.8) is 0 Å². The number of rotatable bonds is 7. The Bertz CT molecular complexity index is 512. The van der Waals surface area contributed by atoms with E-state index in [1.54, 1.807) is 0 Å². The van der Waals surface area contributed by atoms with E-state index in [1.807, 2.05) is 0 Å². The molecule has 5 heteroatoms. The van der Waals surface area contributed by atoms with Crippen LogP contribution in [-0.4, -0.2) is 55.5 Å². The first kappa shape index (κ1) is 17.8. The lowest BCUT2D eigenvalue weighted by molar-refractivity contribution is 0.267. The molecular formula is C18H31N5. The zero-order chi connectivity index (χ0) is 16.7. The van der Waals surface area contributed by atoms with Crippen LogP contribution in [0.4, 0.5) is 0 Å². The lowest BCUT2D eigenvalue weighted by Crippen LogP contribution is -2.42. The predicted molar refractivity (Wildman–Crippen MR) is 97.4 cm³/mol. The van der Waals surface area contributed by atoms with Crippen LogP contribution in [0.1, 0.15) is 30.9 Å². The summed E-state index contributed by atoms with van der Waals surface area (Å²) < 4.78 is 0. The van der Waals surface area contributed by atoms with Gasteiger partial charge in [-0.2, -0.15) is 0 Å². The molecule has 0 aliphatic carbocycles. The van der Waals surface area contributed by atoms with E-state index in [2.05, 4.69) is 65.4 Å². The van der Waals surface area contributed by atoms with E-state index in [0.717, 1.165) is 19.6 Å². The fourth-order valence-corrected chi connectivity index (χ4v) is 3.19. The molecule has 0 amide bonds. The van der Waals surface area contributed by atoms with Gasteiger partial charge in [0.25, 0.3) is 0 Å². The average molecular weight is 317 g/mol. The molecule has 3 N–H and O–H groups in total. The molecular weight excluding hydrogens is 286 g/mol. The third kappa shape index (κ3) is 5.84. The second kappa shape index (κ2) is 8.89. The lowest BCUT2D eigenvalue weighted by atomic mass is 10.1. The summed E-state index contributed by atoms with van der Waals surface area (Å²) >= 11 is 0. The van der Waals surface area contributed by atoms with Crippen LogP contribution in [0.3, 0.4) is 0 Å². The van der Waals surface area contributed by atoms with Gasteiger partial charge in [-0.25, -0.2) is 4.99 Å². The molecule has 5 nitrogen and oxygen atoms in total. The monoisotopic (exact) mass is 317 g/mol. The molecule has 0 spiro atoms. The molecule has 0 saturated carbocycles. The predicted octanol–water partition coefficient (Wildman–Crippen LogP) is 1.64. The first-order chi connectivity index (χ1) is 11.1. The smallest absolute Gasteiger partial charge is 0.188 e. The van der Waals surface area contributed by atoms with Crippen LogP contribution in [0.2, 0.25) is 0 Å².